The molecule has 0 aliphatic carbocycles. The number of nitrogens with zero attached hydrogens (tertiary/aromatic N) is 2. The van der Waals surface area contributed by atoms with Crippen LogP contribution in [0.4, 0.5) is 0 Å². The molecule has 0 fully saturated rings. The van der Waals surface area contributed by atoms with Crippen molar-refractivity contribution in [2.75, 3.05) is 0 Å². The highest BCUT2D eigenvalue weighted by molar-refractivity contribution is 5.93. The number of carboxylic acid groups (broad SMARTS) is 1. The minimum absolute atomic E-state index is 0.200. The van der Waals surface area contributed by atoms with Crippen molar-refractivity contribution in [2.24, 2.45) is 7.05 Å². The van der Waals surface area contributed by atoms with Crippen LogP contribution >= 0.6 is 0 Å². The molecule has 13 heavy (non-hydrogen) atoms. The van der Waals surface area contributed by atoms with E-state index in [-0.39, 0.29) is 5.69 Å². The summed E-state index contributed by atoms with van der Waals surface area (Å²) >= 11 is 0. The van der Waals surface area contributed by atoms with Crippen molar-refractivity contribution >= 4 is 17.0 Å². The predicted molar refractivity (Wildman–Crippen MR) is 46.8 cm³/mol. The zero-order chi connectivity index (χ0) is 9.59. The largest absolute Gasteiger partial charge is 0.477 e. The van der Waals surface area contributed by atoms with Crippen molar-refractivity contribution < 1.29 is 9.90 Å². The number of nitrogens with one attached hydrogen (secondary N) is 1. The molecule has 0 aliphatic heterocycles. The minimum atomic E-state index is -0.949. The first-order chi connectivity index (χ1) is 6.09. The molecule has 0 spiro atoms. The minimum Gasteiger partial charge on any atom is -0.477 e. The average Bonchev–Trinajstić information content (AvgIpc) is 2.55. The van der Waals surface area contributed by atoms with Crippen LogP contribution in [-0.2, 0) is 7.05 Å². The van der Waals surface area contributed by atoms with Gasteiger partial charge in [-0.25, -0.2) is 4.79 Å². The van der Waals surface area contributed by atoms with E-state index in [1.165, 1.54) is 0 Å². The third kappa shape index (κ3) is 1.00. The molecule has 2 heterocycles. The number of hydrogen-bond donors (Lipinski definition) is 2. The molecule has 2 N–H and O–H groups in total. The van der Waals surface area contributed by atoms with E-state index in [1.807, 2.05) is 6.92 Å². The molecule has 0 unspecified atom stereocenters. The second-order valence-corrected chi connectivity index (χ2v) is 2.96. The van der Waals surface area contributed by atoms with Crippen LogP contribution < -0.4 is 0 Å². The topological polar surface area (TPSA) is 70.9 Å². The summed E-state index contributed by atoms with van der Waals surface area (Å²) in [5.41, 5.74) is 1.78. The standard InChI is InChI=1S/C8H9N3O2/c1-4-5-3-6(8(12)13)9-7(5)11(2)10-4/h3,9H,1-2H3,(H,12,13). The van der Waals surface area contributed by atoms with Gasteiger partial charge in [0.1, 0.15) is 11.3 Å². The van der Waals surface area contributed by atoms with Gasteiger partial charge in [0.25, 0.3) is 0 Å². The highest BCUT2D eigenvalue weighted by Crippen LogP contribution is 2.17. The first kappa shape index (κ1) is 7.85. The molecule has 0 bridgehead atoms. The van der Waals surface area contributed by atoms with Crippen molar-refractivity contribution in [3.63, 3.8) is 0 Å². The number of aromatic carboxylic acids is 1. The molecular formula is C8H9N3O2. The maximum atomic E-state index is 10.6. The van der Waals surface area contributed by atoms with Gasteiger partial charge in [-0.1, -0.05) is 0 Å². The third-order valence-electron chi connectivity index (χ3n) is 2.04. The van der Waals surface area contributed by atoms with Crippen molar-refractivity contribution in [1.29, 1.82) is 0 Å². The van der Waals surface area contributed by atoms with Crippen molar-refractivity contribution in [3.05, 3.63) is 17.5 Å². The van der Waals surface area contributed by atoms with Crippen LogP contribution in [0.15, 0.2) is 6.07 Å². The van der Waals surface area contributed by atoms with E-state index < -0.39 is 5.97 Å². The lowest BCUT2D eigenvalue weighted by atomic mass is 10.3. The molecule has 0 amide bonds. The summed E-state index contributed by atoms with van der Waals surface area (Å²) < 4.78 is 1.64. The van der Waals surface area contributed by atoms with Gasteiger partial charge in [-0.15, -0.1) is 0 Å². The van der Waals surface area contributed by atoms with Gasteiger partial charge in [-0.2, -0.15) is 5.10 Å². The molecule has 0 saturated heterocycles. The molecule has 5 nitrogen and oxygen atoms in total. The van der Waals surface area contributed by atoms with Crippen molar-refractivity contribution in [2.45, 2.75) is 6.92 Å². The number of H-pyrrole nitrogens is 1. The summed E-state index contributed by atoms with van der Waals surface area (Å²) in [6.07, 6.45) is 0. The van der Waals surface area contributed by atoms with E-state index in [1.54, 1.807) is 17.8 Å². The molecule has 0 saturated carbocycles. The number of aromatic nitrogens is 3. The smallest absolute Gasteiger partial charge is 0.352 e. The maximum absolute atomic E-state index is 10.6. The van der Waals surface area contributed by atoms with Crippen LogP contribution in [0.3, 0.4) is 0 Å². The molecule has 0 aliphatic rings. The normalized spacial score (nSPS) is 10.9. The Labute approximate surface area is 74.0 Å². The number of aryl methyl sites for hydroxylation is 2. The van der Waals surface area contributed by atoms with Crippen LogP contribution in [0.5, 0.6) is 0 Å². The molecule has 0 aromatic carbocycles. The second-order valence-electron chi connectivity index (χ2n) is 2.96. The molecule has 0 atom stereocenters. The van der Waals surface area contributed by atoms with E-state index in [0.717, 1.165) is 16.7 Å². The van der Waals surface area contributed by atoms with Crippen LogP contribution in [0.1, 0.15) is 16.2 Å². The molecule has 2 aromatic rings. The van der Waals surface area contributed by atoms with Gasteiger partial charge in [0.2, 0.25) is 0 Å². The van der Waals surface area contributed by atoms with Gasteiger partial charge in [0.05, 0.1) is 5.69 Å². The molecule has 68 valence electrons. The first-order valence-electron chi connectivity index (χ1n) is 3.85. The Bertz CT molecular complexity index is 446. The predicted octanol–water partition coefficient (Wildman–Crippen LogP) is 0.908. The zero-order valence-corrected chi connectivity index (χ0v) is 7.33. The Morgan fingerprint density at radius 3 is 2.92 bits per heavy atom. The summed E-state index contributed by atoms with van der Waals surface area (Å²) in [6, 6.07) is 1.60. The third-order valence-corrected chi connectivity index (χ3v) is 2.04. The second kappa shape index (κ2) is 2.35. The molecule has 2 rings (SSSR count). The monoisotopic (exact) mass is 179 g/mol. The van der Waals surface area contributed by atoms with Crippen LogP contribution in [0.25, 0.3) is 11.0 Å². The van der Waals surface area contributed by atoms with E-state index in [0.29, 0.717) is 0 Å². The maximum Gasteiger partial charge on any atom is 0.352 e. The Hall–Kier alpha value is -1.78. The average molecular weight is 179 g/mol. The highest BCUT2D eigenvalue weighted by Gasteiger charge is 2.12. The summed E-state index contributed by atoms with van der Waals surface area (Å²) in [5, 5.41) is 13.7. The Morgan fingerprint density at radius 2 is 2.38 bits per heavy atom. The van der Waals surface area contributed by atoms with Gasteiger partial charge in [0, 0.05) is 12.4 Å². The lowest BCUT2D eigenvalue weighted by Crippen LogP contribution is -1.97. The molecule has 5 heteroatoms. The number of hydrogen-bond acceptors (Lipinski definition) is 2. The molecule has 0 radical (unpaired) electrons. The van der Waals surface area contributed by atoms with E-state index >= 15 is 0 Å². The Morgan fingerprint density at radius 1 is 1.69 bits per heavy atom. The number of aromatic amines is 1. The van der Waals surface area contributed by atoms with E-state index in [4.69, 9.17) is 5.11 Å². The SMILES string of the molecule is Cc1nn(C)c2[nH]c(C(=O)O)cc12. The molecule has 2 aromatic heterocycles. The van der Waals surface area contributed by atoms with Gasteiger partial charge >= 0.3 is 5.97 Å². The molecular weight excluding hydrogens is 170 g/mol. The fourth-order valence-corrected chi connectivity index (χ4v) is 1.42. The lowest BCUT2D eigenvalue weighted by Gasteiger charge is -1.89. The Balaban J connectivity index is 2.76. The van der Waals surface area contributed by atoms with E-state index in [2.05, 4.69) is 10.1 Å². The summed E-state index contributed by atoms with van der Waals surface area (Å²) in [7, 11) is 1.78. The van der Waals surface area contributed by atoms with Gasteiger partial charge in [-0.05, 0) is 13.0 Å². The summed E-state index contributed by atoms with van der Waals surface area (Å²) in [5.74, 6) is -0.949. The van der Waals surface area contributed by atoms with Crippen molar-refractivity contribution in [1.82, 2.24) is 14.8 Å². The number of rotatable bonds is 1. The van der Waals surface area contributed by atoms with Crippen LogP contribution in [0.2, 0.25) is 0 Å². The van der Waals surface area contributed by atoms with Gasteiger partial charge in [0.15, 0.2) is 0 Å². The van der Waals surface area contributed by atoms with E-state index in [9.17, 15) is 4.79 Å². The summed E-state index contributed by atoms with van der Waals surface area (Å²) in [6.45, 7) is 1.85. The fraction of sp³-hybridized carbons (Fsp3) is 0.250. The number of carboxylic acids is 1. The van der Waals surface area contributed by atoms with Crippen LogP contribution in [0, 0.1) is 6.92 Å². The number of fused-ring (bicyclic) bond motifs is 1. The van der Waals surface area contributed by atoms with Crippen molar-refractivity contribution in [3.8, 4) is 0 Å². The van der Waals surface area contributed by atoms with Gasteiger partial charge in [-0.3, -0.25) is 4.68 Å². The van der Waals surface area contributed by atoms with Gasteiger partial charge < -0.3 is 10.1 Å². The lowest BCUT2D eigenvalue weighted by molar-refractivity contribution is 0.0691. The Kier molecular flexibility index (Phi) is 1.42. The first-order valence-corrected chi connectivity index (χ1v) is 3.85. The van der Waals surface area contributed by atoms with Crippen LogP contribution in [-0.4, -0.2) is 25.8 Å². The summed E-state index contributed by atoms with van der Waals surface area (Å²) in [4.78, 5) is 13.4. The quantitative estimate of drug-likeness (QED) is 0.683. The zero-order valence-electron chi connectivity index (χ0n) is 7.33. The highest BCUT2D eigenvalue weighted by atomic mass is 16.4. The fourth-order valence-electron chi connectivity index (χ4n) is 1.42. The number of carbonyl (C=O) groups is 1.